The van der Waals surface area contributed by atoms with E-state index in [1.165, 1.54) is 0 Å². The van der Waals surface area contributed by atoms with Crippen LogP contribution < -0.4 is 40.4 Å². The maximum Gasteiger partial charge on any atom is 1.00 e. The van der Waals surface area contributed by atoms with E-state index in [-0.39, 0.29) is 36.0 Å². The number of benzene rings is 1. The van der Waals surface area contributed by atoms with Crippen molar-refractivity contribution < 1.29 is 39.5 Å². The molecule has 70 valence electrons. The molecule has 1 unspecified atom stereocenters. The van der Waals surface area contributed by atoms with Crippen LogP contribution in [0.5, 0.6) is 0 Å². The first-order chi connectivity index (χ1) is 6.09. The summed E-state index contributed by atoms with van der Waals surface area (Å²) in [4.78, 5) is 10.3. The molecular weight excluding hydrogens is 257 g/mol. The van der Waals surface area contributed by atoms with Crippen molar-refractivity contribution in [3.63, 3.8) is 0 Å². The average molecular weight is 266 g/mol. The first-order valence-corrected chi connectivity index (χ1v) is 4.60. The predicted octanol–water partition coefficient (Wildman–Crippen LogP) is -2.41. The molecule has 0 aliphatic carbocycles. The van der Waals surface area contributed by atoms with Gasteiger partial charge in [-0.15, -0.1) is 0 Å². The molecule has 1 atom stereocenters. The molecule has 0 heterocycles. The predicted molar refractivity (Wildman–Crippen MR) is 50.7 cm³/mol. The molecule has 14 heavy (non-hydrogen) atoms. The Balaban J connectivity index is 0.00000169. The van der Waals surface area contributed by atoms with Crippen molar-refractivity contribution in [2.45, 2.75) is 12.5 Å². The third-order valence-electron chi connectivity index (χ3n) is 1.66. The normalized spacial score (nSPS) is 11.6. The van der Waals surface area contributed by atoms with Crippen LogP contribution >= 0.6 is 15.9 Å². The molecular formula is C9H9BrNNaO2. The van der Waals surface area contributed by atoms with E-state index in [2.05, 4.69) is 15.9 Å². The molecule has 1 aromatic carbocycles. The van der Waals surface area contributed by atoms with Gasteiger partial charge in [0.05, 0.1) is 0 Å². The summed E-state index contributed by atoms with van der Waals surface area (Å²) in [5, 5.41) is 10.3. The van der Waals surface area contributed by atoms with Crippen LogP contribution in [0, 0.1) is 0 Å². The van der Waals surface area contributed by atoms with Gasteiger partial charge in [0.2, 0.25) is 0 Å². The minimum Gasteiger partial charge on any atom is -0.550 e. The standard InChI is InChI=1S/C9H10BrNO2.Na/c10-7-3-1-2-6(4-7)8(11)5-9(12)13;/h1-4,8H,5,11H2,(H,12,13);/q;+1/p-1. The largest absolute Gasteiger partial charge is 1.00 e. The number of halogens is 1. The number of carboxylic acids is 1. The Bertz CT molecular complexity index is 319. The van der Waals surface area contributed by atoms with E-state index in [0.29, 0.717) is 0 Å². The van der Waals surface area contributed by atoms with Crippen LogP contribution in [0.2, 0.25) is 0 Å². The molecule has 0 fully saturated rings. The molecule has 0 radical (unpaired) electrons. The van der Waals surface area contributed by atoms with E-state index in [1.807, 2.05) is 12.1 Å². The SMILES string of the molecule is NC(CC(=O)[O-])c1cccc(Br)c1.[Na+]. The minimum absolute atomic E-state index is 0. The number of rotatable bonds is 3. The summed E-state index contributed by atoms with van der Waals surface area (Å²) in [5.41, 5.74) is 6.41. The molecule has 0 aliphatic heterocycles. The van der Waals surface area contributed by atoms with Crippen LogP contribution in [0.3, 0.4) is 0 Å². The summed E-state index contributed by atoms with van der Waals surface area (Å²) in [6.45, 7) is 0. The van der Waals surface area contributed by atoms with Crippen molar-refractivity contribution in [1.29, 1.82) is 0 Å². The van der Waals surface area contributed by atoms with E-state index in [0.717, 1.165) is 10.0 Å². The van der Waals surface area contributed by atoms with Gasteiger partial charge in [0, 0.05) is 22.9 Å². The van der Waals surface area contributed by atoms with Crippen molar-refractivity contribution in [2.75, 3.05) is 0 Å². The Morgan fingerprint density at radius 1 is 1.57 bits per heavy atom. The molecule has 0 aromatic heterocycles. The van der Waals surface area contributed by atoms with Crippen molar-refractivity contribution in [3.8, 4) is 0 Å². The number of hydrogen-bond acceptors (Lipinski definition) is 3. The summed E-state index contributed by atoms with van der Waals surface area (Å²) < 4.78 is 0.888. The second kappa shape index (κ2) is 6.58. The van der Waals surface area contributed by atoms with Crippen LogP contribution in [-0.2, 0) is 4.79 Å². The number of hydrogen-bond donors (Lipinski definition) is 1. The average Bonchev–Trinajstić information content (AvgIpc) is 2.03. The monoisotopic (exact) mass is 265 g/mol. The Labute approximate surface area is 113 Å². The summed E-state index contributed by atoms with van der Waals surface area (Å²) >= 11 is 3.28. The fourth-order valence-electron chi connectivity index (χ4n) is 1.03. The fraction of sp³-hybridized carbons (Fsp3) is 0.222. The Kier molecular flexibility index (Phi) is 6.64. The maximum absolute atomic E-state index is 10.3. The molecule has 0 saturated carbocycles. The third kappa shape index (κ3) is 4.57. The van der Waals surface area contributed by atoms with Crippen molar-refractivity contribution >= 4 is 21.9 Å². The second-order valence-corrected chi connectivity index (χ2v) is 3.65. The van der Waals surface area contributed by atoms with Crippen LogP contribution in [0.4, 0.5) is 0 Å². The summed E-state index contributed by atoms with van der Waals surface area (Å²) in [7, 11) is 0. The van der Waals surface area contributed by atoms with Gasteiger partial charge in [0.1, 0.15) is 0 Å². The van der Waals surface area contributed by atoms with Gasteiger partial charge < -0.3 is 15.6 Å². The molecule has 0 bridgehead atoms. The molecule has 3 nitrogen and oxygen atoms in total. The second-order valence-electron chi connectivity index (χ2n) is 2.74. The van der Waals surface area contributed by atoms with Crippen LogP contribution in [0.1, 0.15) is 18.0 Å². The molecule has 1 aromatic rings. The molecule has 2 N–H and O–H groups in total. The van der Waals surface area contributed by atoms with Gasteiger partial charge in [0.15, 0.2) is 0 Å². The van der Waals surface area contributed by atoms with Crippen molar-refractivity contribution in [3.05, 3.63) is 34.3 Å². The first-order valence-electron chi connectivity index (χ1n) is 3.80. The number of carboxylic acid groups (broad SMARTS) is 1. The third-order valence-corrected chi connectivity index (χ3v) is 2.16. The zero-order valence-electron chi connectivity index (χ0n) is 7.87. The molecule has 0 saturated heterocycles. The van der Waals surface area contributed by atoms with Crippen molar-refractivity contribution in [1.82, 2.24) is 0 Å². The van der Waals surface area contributed by atoms with Gasteiger partial charge in [-0.1, -0.05) is 28.1 Å². The summed E-state index contributed by atoms with van der Waals surface area (Å²) in [5.74, 6) is -1.13. The van der Waals surface area contributed by atoms with Gasteiger partial charge in [-0.2, -0.15) is 0 Å². The van der Waals surface area contributed by atoms with E-state index >= 15 is 0 Å². The minimum atomic E-state index is -1.13. The van der Waals surface area contributed by atoms with Gasteiger partial charge in [-0.3, -0.25) is 0 Å². The molecule has 0 aliphatic rings. The number of nitrogens with two attached hydrogens (primary N) is 1. The van der Waals surface area contributed by atoms with Crippen molar-refractivity contribution in [2.24, 2.45) is 5.73 Å². The smallest absolute Gasteiger partial charge is 0.550 e. The summed E-state index contributed by atoms with van der Waals surface area (Å²) in [6.07, 6.45) is -0.156. The molecule has 5 heteroatoms. The number of carbonyl (C=O) groups excluding carboxylic acids is 1. The fourth-order valence-corrected chi connectivity index (χ4v) is 1.45. The van der Waals surface area contributed by atoms with Crippen LogP contribution in [0.25, 0.3) is 0 Å². The van der Waals surface area contributed by atoms with E-state index in [1.54, 1.807) is 12.1 Å². The zero-order valence-corrected chi connectivity index (χ0v) is 11.5. The Hall–Kier alpha value is 0.130. The first kappa shape index (κ1) is 14.1. The quantitative estimate of drug-likeness (QED) is 0.620. The zero-order chi connectivity index (χ0) is 9.84. The van der Waals surface area contributed by atoms with Crippen LogP contribution in [-0.4, -0.2) is 5.97 Å². The van der Waals surface area contributed by atoms with E-state index in [4.69, 9.17) is 5.73 Å². The molecule has 0 spiro atoms. The van der Waals surface area contributed by atoms with E-state index < -0.39 is 12.0 Å². The number of carbonyl (C=O) groups is 1. The van der Waals surface area contributed by atoms with Gasteiger partial charge in [-0.05, 0) is 17.7 Å². The van der Waals surface area contributed by atoms with Gasteiger partial charge in [-0.25, -0.2) is 0 Å². The Morgan fingerprint density at radius 2 is 2.21 bits per heavy atom. The molecule has 0 amide bonds. The van der Waals surface area contributed by atoms with Gasteiger partial charge in [0.25, 0.3) is 0 Å². The number of aliphatic carboxylic acids is 1. The van der Waals surface area contributed by atoms with E-state index in [9.17, 15) is 9.90 Å². The summed E-state index contributed by atoms with van der Waals surface area (Å²) in [6, 6.07) is 6.76. The maximum atomic E-state index is 10.3. The van der Waals surface area contributed by atoms with Crippen LogP contribution in [0.15, 0.2) is 28.7 Å². The topological polar surface area (TPSA) is 66.2 Å². The Morgan fingerprint density at radius 3 is 2.71 bits per heavy atom. The molecule has 1 rings (SSSR count). The van der Waals surface area contributed by atoms with Gasteiger partial charge >= 0.3 is 29.6 Å².